The molecule has 96 valence electrons. The van der Waals surface area contributed by atoms with Crippen molar-refractivity contribution in [2.75, 3.05) is 0 Å². The molecule has 0 radical (unpaired) electrons. The molecule has 0 bridgehead atoms. The highest BCUT2D eigenvalue weighted by atomic mass is 79.9. The van der Waals surface area contributed by atoms with Gasteiger partial charge in [0.25, 0.3) is 0 Å². The number of aromatic amines is 1. The van der Waals surface area contributed by atoms with Crippen LogP contribution in [0.25, 0.3) is 5.69 Å². The van der Waals surface area contributed by atoms with Crippen LogP contribution in [0, 0.1) is 11.7 Å². The maximum atomic E-state index is 5.40. The normalized spacial score (nSPS) is 11.8. The molecule has 0 saturated carbocycles. The first-order chi connectivity index (χ1) is 8.30. The van der Waals surface area contributed by atoms with Gasteiger partial charge in [-0.15, -0.1) is 0 Å². The summed E-state index contributed by atoms with van der Waals surface area (Å²) < 4.78 is 3.88. The largest absolute Gasteiger partial charge is 0.337 e. The lowest BCUT2D eigenvalue weighted by atomic mass is 9.92. The van der Waals surface area contributed by atoms with Crippen molar-refractivity contribution in [3.8, 4) is 5.69 Å². The third-order valence-electron chi connectivity index (χ3n) is 2.89. The quantitative estimate of drug-likeness (QED) is 0.739. The van der Waals surface area contributed by atoms with Gasteiger partial charge in [0.2, 0.25) is 0 Å². The van der Waals surface area contributed by atoms with Gasteiger partial charge in [0.05, 0.1) is 5.69 Å². The van der Waals surface area contributed by atoms with E-state index >= 15 is 0 Å². The van der Waals surface area contributed by atoms with Crippen molar-refractivity contribution in [1.29, 1.82) is 0 Å². The molecule has 0 aliphatic heterocycles. The van der Waals surface area contributed by atoms with E-state index in [4.69, 9.17) is 12.2 Å². The maximum Gasteiger partial charge on any atom is 0.182 e. The number of benzene rings is 1. The molecule has 1 heterocycles. The second-order valence-corrected chi connectivity index (χ2v) is 6.76. The molecule has 0 fully saturated rings. The monoisotopic (exact) mass is 324 g/mol. The summed E-state index contributed by atoms with van der Waals surface area (Å²) in [5, 5.41) is 0. The Kier molecular flexibility index (Phi) is 3.52. The number of H-pyrrole nitrogens is 1. The number of hydrogen-bond donors (Lipinski definition) is 1. The van der Waals surface area contributed by atoms with Crippen molar-refractivity contribution in [2.24, 2.45) is 0 Å². The molecule has 0 unspecified atom stereocenters. The number of aryl methyl sites for hydroxylation is 1. The van der Waals surface area contributed by atoms with Gasteiger partial charge in [0.15, 0.2) is 4.77 Å². The second kappa shape index (κ2) is 4.67. The van der Waals surface area contributed by atoms with Crippen LogP contribution < -0.4 is 0 Å². The van der Waals surface area contributed by atoms with Crippen molar-refractivity contribution >= 4 is 28.1 Å². The number of rotatable bonds is 1. The Morgan fingerprint density at radius 2 is 1.94 bits per heavy atom. The molecule has 2 rings (SSSR count). The number of halogens is 1. The summed E-state index contributed by atoms with van der Waals surface area (Å²) in [6.07, 6.45) is 1.99. The van der Waals surface area contributed by atoms with Crippen LogP contribution in [0.1, 0.15) is 32.0 Å². The Labute approximate surface area is 121 Å². The van der Waals surface area contributed by atoms with Gasteiger partial charge < -0.3 is 4.98 Å². The highest BCUT2D eigenvalue weighted by Crippen LogP contribution is 2.29. The van der Waals surface area contributed by atoms with E-state index in [0.717, 1.165) is 14.9 Å². The van der Waals surface area contributed by atoms with Crippen LogP contribution in [-0.4, -0.2) is 9.55 Å². The van der Waals surface area contributed by atoms with Gasteiger partial charge in [-0.25, -0.2) is 0 Å². The molecule has 1 N–H and O–H groups in total. The summed E-state index contributed by atoms with van der Waals surface area (Å²) in [6.45, 7) is 8.63. The second-order valence-electron chi connectivity index (χ2n) is 5.52. The van der Waals surface area contributed by atoms with E-state index in [1.54, 1.807) is 0 Å². The molecule has 0 amide bonds. The summed E-state index contributed by atoms with van der Waals surface area (Å²) in [4.78, 5) is 3.14. The van der Waals surface area contributed by atoms with E-state index < -0.39 is 0 Å². The van der Waals surface area contributed by atoms with Crippen LogP contribution >= 0.6 is 28.1 Å². The van der Waals surface area contributed by atoms with Gasteiger partial charge >= 0.3 is 0 Å². The smallest absolute Gasteiger partial charge is 0.182 e. The molecule has 4 heteroatoms. The van der Waals surface area contributed by atoms with Gasteiger partial charge in [0, 0.05) is 21.8 Å². The zero-order valence-electron chi connectivity index (χ0n) is 11.0. The maximum absolute atomic E-state index is 5.40. The highest BCUT2D eigenvalue weighted by molar-refractivity contribution is 9.10. The minimum absolute atomic E-state index is 0.0396. The fraction of sp³-hybridized carbons (Fsp3) is 0.357. The predicted molar refractivity (Wildman–Crippen MR) is 82.1 cm³/mol. The van der Waals surface area contributed by atoms with E-state index in [1.165, 1.54) is 11.3 Å². The fourth-order valence-corrected chi connectivity index (χ4v) is 2.88. The number of nitrogens with one attached hydrogen (secondary N) is 1. The lowest BCUT2D eigenvalue weighted by Gasteiger charge is -2.21. The summed E-state index contributed by atoms with van der Waals surface area (Å²) >= 11 is 9.03. The summed E-state index contributed by atoms with van der Waals surface area (Å²) in [6, 6.07) is 6.30. The average Bonchev–Trinajstić information content (AvgIpc) is 2.60. The van der Waals surface area contributed by atoms with Crippen LogP contribution in [-0.2, 0) is 5.41 Å². The summed E-state index contributed by atoms with van der Waals surface area (Å²) in [5.74, 6) is 0. The number of hydrogen-bond acceptors (Lipinski definition) is 1. The highest BCUT2D eigenvalue weighted by Gasteiger charge is 2.21. The molecule has 0 saturated heterocycles. The molecule has 2 aromatic rings. The molecule has 0 aliphatic carbocycles. The third kappa shape index (κ3) is 2.45. The van der Waals surface area contributed by atoms with E-state index in [9.17, 15) is 0 Å². The Hall–Kier alpha value is -0.870. The Morgan fingerprint density at radius 3 is 2.50 bits per heavy atom. The lowest BCUT2D eigenvalue weighted by molar-refractivity contribution is 0.555. The molecular formula is C14H17BrN2S. The first-order valence-electron chi connectivity index (χ1n) is 5.88. The van der Waals surface area contributed by atoms with Crippen LogP contribution in [0.4, 0.5) is 0 Å². The zero-order chi connectivity index (χ0) is 13.5. The van der Waals surface area contributed by atoms with Crippen molar-refractivity contribution < 1.29 is 0 Å². The molecule has 0 aliphatic rings. The number of nitrogens with zero attached hydrogens (tertiary/aromatic N) is 1. The molecule has 0 atom stereocenters. The van der Waals surface area contributed by atoms with E-state index in [1.807, 2.05) is 6.20 Å². The van der Waals surface area contributed by atoms with Crippen LogP contribution in [0.3, 0.4) is 0 Å². The first-order valence-corrected chi connectivity index (χ1v) is 7.08. The van der Waals surface area contributed by atoms with Crippen molar-refractivity contribution in [1.82, 2.24) is 9.55 Å². The summed E-state index contributed by atoms with van der Waals surface area (Å²) in [5.41, 5.74) is 3.52. The van der Waals surface area contributed by atoms with Crippen molar-refractivity contribution in [3.05, 3.63) is 44.9 Å². The lowest BCUT2D eigenvalue weighted by Crippen LogP contribution is -2.17. The standard InChI is InChI=1S/C14H17BrN2S/c1-9-5-6-11(10(15)7-9)17-12(14(2,3)4)8-16-13(17)18/h5-8H,1-4H3,(H,16,18). The van der Waals surface area contributed by atoms with Crippen molar-refractivity contribution in [2.45, 2.75) is 33.1 Å². The number of aromatic nitrogens is 2. The number of imidazole rings is 1. The van der Waals surface area contributed by atoms with Gasteiger partial charge in [-0.3, -0.25) is 4.57 Å². The Bertz CT molecular complexity index is 632. The van der Waals surface area contributed by atoms with Crippen molar-refractivity contribution in [3.63, 3.8) is 0 Å². The zero-order valence-corrected chi connectivity index (χ0v) is 13.4. The predicted octanol–water partition coefficient (Wildman–Crippen LogP) is 4.90. The van der Waals surface area contributed by atoms with Crippen LogP contribution in [0.2, 0.25) is 0 Å². The molecule has 18 heavy (non-hydrogen) atoms. The van der Waals surface area contributed by atoms with E-state index in [-0.39, 0.29) is 5.41 Å². The average molecular weight is 325 g/mol. The molecule has 1 aromatic carbocycles. The SMILES string of the molecule is Cc1ccc(-n2c(C(C)(C)C)c[nH]c2=S)c(Br)c1. The van der Waals surface area contributed by atoms with E-state index in [2.05, 4.69) is 71.4 Å². The topological polar surface area (TPSA) is 20.7 Å². The van der Waals surface area contributed by atoms with Gasteiger partial charge in [-0.2, -0.15) is 0 Å². The van der Waals surface area contributed by atoms with Crippen LogP contribution in [0.5, 0.6) is 0 Å². The minimum Gasteiger partial charge on any atom is -0.337 e. The minimum atomic E-state index is 0.0396. The molecular weight excluding hydrogens is 308 g/mol. The van der Waals surface area contributed by atoms with Gasteiger partial charge in [0.1, 0.15) is 0 Å². The van der Waals surface area contributed by atoms with Crippen LogP contribution in [0.15, 0.2) is 28.9 Å². The molecule has 2 nitrogen and oxygen atoms in total. The Balaban J connectivity index is 2.71. The molecule has 0 spiro atoms. The third-order valence-corrected chi connectivity index (χ3v) is 3.82. The fourth-order valence-electron chi connectivity index (χ4n) is 1.95. The van der Waals surface area contributed by atoms with Gasteiger partial charge in [-0.1, -0.05) is 26.8 Å². The Morgan fingerprint density at radius 1 is 1.28 bits per heavy atom. The first kappa shape index (κ1) is 13.6. The van der Waals surface area contributed by atoms with E-state index in [0.29, 0.717) is 0 Å². The van der Waals surface area contributed by atoms with Gasteiger partial charge in [-0.05, 0) is 52.8 Å². The summed E-state index contributed by atoms with van der Waals surface area (Å²) in [7, 11) is 0. The molecule has 1 aromatic heterocycles.